The molecule has 0 aliphatic carbocycles. The zero-order valence-electron chi connectivity index (χ0n) is 15.0. The molecule has 0 fully saturated rings. The quantitative estimate of drug-likeness (QED) is 0.489. The Bertz CT molecular complexity index is 1020. The molecular formula is C23H17NO4. The Morgan fingerprint density at radius 1 is 0.750 bits per heavy atom. The topological polar surface area (TPSA) is 63.7 Å². The molecule has 2 amide bonds. The van der Waals surface area contributed by atoms with Crippen molar-refractivity contribution in [2.75, 3.05) is 6.54 Å². The number of hydrogen-bond donors (Lipinski definition) is 0. The number of hydrogen-bond acceptors (Lipinski definition) is 4. The van der Waals surface area contributed by atoms with E-state index in [-0.39, 0.29) is 12.3 Å². The van der Waals surface area contributed by atoms with E-state index in [2.05, 4.69) is 0 Å². The van der Waals surface area contributed by atoms with Crippen LogP contribution in [0.3, 0.4) is 0 Å². The van der Waals surface area contributed by atoms with Crippen molar-refractivity contribution < 1.29 is 19.1 Å². The van der Waals surface area contributed by atoms with Crippen LogP contribution in [0.2, 0.25) is 0 Å². The number of amides is 2. The third-order valence-electron chi connectivity index (χ3n) is 4.60. The largest absolute Gasteiger partial charge is 0.488 e. The van der Waals surface area contributed by atoms with Gasteiger partial charge in [-0.05, 0) is 29.8 Å². The van der Waals surface area contributed by atoms with Crippen LogP contribution in [-0.4, -0.2) is 29.0 Å². The predicted octanol–water partition coefficient (Wildman–Crippen LogP) is 3.74. The van der Waals surface area contributed by atoms with Gasteiger partial charge < -0.3 is 4.74 Å². The van der Waals surface area contributed by atoms with E-state index in [9.17, 15) is 14.4 Å². The summed E-state index contributed by atoms with van der Waals surface area (Å²) in [5, 5.41) is 0. The number of carbonyl (C=O) groups excluding carboxylic acids is 3. The van der Waals surface area contributed by atoms with Gasteiger partial charge in [-0.25, -0.2) is 0 Å². The van der Waals surface area contributed by atoms with Gasteiger partial charge in [0, 0.05) is 0 Å². The lowest BCUT2D eigenvalue weighted by Gasteiger charge is -2.15. The third-order valence-corrected chi connectivity index (χ3v) is 4.60. The van der Waals surface area contributed by atoms with E-state index in [0.29, 0.717) is 29.0 Å². The van der Waals surface area contributed by atoms with Gasteiger partial charge in [0.05, 0.1) is 23.2 Å². The molecule has 0 saturated carbocycles. The molecule has 1 aliphatic rings. The first-order chi connectivity index (χ1) is 13.6. The van der Waals surface area contributed by atoms with Gasteiger partial charge in [0.25, 0.3) is 11.8 Å². The lowest BCUT2D eigenvalue weighted by Crippen LogP contribution is -2.35. The molecular weight excluding hydrogens is 354 g/mol. The summed E-state index contributed by atoms with van der Waals surface area (Å²) >= 11 is 0. The van der Waals surface area contributed by atoms with Crippen molar-refractivity contribution in [3.05, 3.63) is 101 Å². The summed E-state index contributed by atoms with van der Waals surface area (Å²) in [6, 6.07) is 23.0. The minimum atomic E-state index is -0.448. The van der Waals surface area contributed by atoms with Crippen LogP contribution >= 0.6 is 0 Å². The van der Waals surface area contributed by atoms with E-state index in [0.717, 1.165) is 10.5 Å². The molecule has 5 heteroatoms. The lowest BCUT2D eigenvalue weighted by atomic mass is 10.1. The van der Waals surface area contributed by atoms with Crippen LogP contribution in [0.25, 0.3) is 0 Å². The minimum absolute atomic E-state index is 0.318. The average Bonchev–Trinajstić information content (AvgIpc) is 2.98. The van der Waals surface area contributed by atoms with Crippen LogP contribution in [0, 0.1) is 0 Å². The van der Waals surface area contributed by atoms with E-state index in [1.807, 2.05) is 30.3 Å². The highest BCUT2D eigenvalue weighted by Gasteiger charge is 2.36. The van der Waals surface area contributed by atoms with Crippen LogP contribution in [0.15, 0.2) is 78.9 Å². The summed E-state index contributed by atoms with van der Waals surface area (Å²) in [5.41, 5.74) is 1.97. The number of Topliss-reactive ketones (excluding diaryl/α,β-unsaturated/α-hetero) is 1. The summed E-state index contributed by atoms with van der Waals surface area (Å²) in [6.45, 7) is -0.00376. The second-order valence-electron chi connectivity index (χ2n) is 6.44. The number of carbonyl (C=O) groups is 3. The summed E-state index contributed by atoms with van der Waals surface area (Å²) in [6.07, 6.45) is 0. The highest BCUT2D eigenvalue weighted by molar-refractivity contribution is 6.23. The number of imide groups is 1. The summed E-state index contributed by atoms with van der Waals surface area (Å²) < 4.78 is 5.82. The smallest absolute Gasteiger partial charge is 0.261 e. The van der Waals surface area contributed by atoms with Crippen molar-refractivity contribution >= 4 is 17.6 Å². The number of ketones is 1. The Morgan fingerprint density at radius 2 is 1.32 bits per heavy atom. The van der Waals surface area contributed by atoms with E-state index in [1.54, 1.807) is 48.5 Å². The Morgan fingerprint density at radius 3 is 2.00 bits per heavy atom. The van der Waals surface area contributed by atoms with Gasteiger partial charge in [-0.1, -0.05) is 54.6 Å². The maximum Gasteiger partial charge on any atom is 0.261 e. The van der Waals surface area contributed by atoms with Gasteiger partial charge in [0.1, 0.15) is 12.4 Å². The third kappa shape index (κ3) is 3.30. The molecule has 1 heterocycles. The highest BCUT2D eigenvalue weighted by Crippen LogP contribution is 2.25. The van der Waals surface area contributed by atoms with Gasteiger partial charge in [0.2, 0.25) is 0 Å². The molecule has 138 valence electrons. The molecule has 28 heavy (non-hydrogen) atoms. The van der Waals surface area contributed by atoms with Gasteiger partial charge in [-0.15, -0.1) is 0 Å². The van der Waals surface area contributed by atoms with Crippen molar-refractivity contribution in [3.8, 4) is 5.75 Å². The fourth-order valence-electron chi connectivity index (χ4n) is 3.17. The van der Waals surface area contributed by atoms with Gasteiger partial charge >= 0.3 is 0 Å². The van der Waals surface area contributed by atoms with Gasteiger partial charge in [-0.2, -0.15) is 0 Å². The summed E-state index contributed by atoms with van der Waals surface area (Å²) in [4.78, 5) is 38.8. The van der Waals surface area contributed by atoms with Crippen LogP contribution < -0.4 is 4.74 Å². The first kappa shape index (κ1) is 17.7. The standard InChI is InChI=1S/C23H17NO4/c25-20(14-24-22(26)17-10-4-5-11-18(17)23(24)27)19-12-6-7-13-21(19)28-15-16-8-2-1-3-9-16/h1-13H,14-15H2. The molecule has 0 radical (unpaired) electrons. The molecule has 0 spiro atoms. The molecule has 0 saturated heterocycles. The summed E-state index contributed by atoms with van der Waals surface area (Å²) in [5.74, 6) is -0.820. The van der Waals surface area contributed by atoms with Crippen LogP contribution in [0.5, 0.6) is 5.75 Å². The number of ether oxygens (including phenoxy) is 1. The molecule has 1 aliphatic heterocycles. The monoisotopic (exact) mass is 371 g/mol. The number of benzene rings is 3. The fraction of sp³-hybridized carbons (Fsp3) is 0.0870. The zero-order valence-corrected chi connectivity index (χ0v) is 15.0. The molecule has 0 bridgehead atoms. The maximum absolute atomic E-state index is 12.8. The summed E-state index contributed by atoms with van der Waals surface area (Å²) in [7, 11) is 0. The molecule has 0 atom stereocenters. The number of fused-ring (bicyclic) bond motifs is 1. The second-order valence-corrected chi connectivity index (χ2v) is 6.44. The van der Waals surface area contributed by atoms with Crippen molar-refractivity contribution in [1.82, 2.24) is 4.90 Å². The Kier molecular flexibility index (Phi) is 4.72. The SMILES string of the molecule is O=C(CN1C(=O)c2ccccc2C1=O)c1ccccc1OCc1ccccc1. The maximum atomic E-state index is 12.8. The molecule has 5 nitrogen and oxygen atoms in total. The normalized spacial score (nSPS) is 12.8. The fourth-order valence-corrected chi connectivity index (χ4v) is 3.17. The van der Waals surface area contributed by atoms with Crippen molar-refractivity contribution in [1.29, 1.82) is 0 Å². The Hall–Kier alpha value is -3.73. The molecule has 3 aromatic rings. The molecule has 4 rings (SSSR count). The molecule has 0 aromatic heterocycles. The van der Waals surface area contributed by atoms with Crippen LogP contribution in [0.1, 0.15) is 36.6 Å². The van der Waals surface area contributed by atoms with E-state index >= 15 is 0 Å². The number of rotatable bonds is 6. The average molecular weight is 371 g/mol. The zero-order chi connectivity index (χ0) is 19.5. The number of nitrogens with zero attached hydrogens (tertiary/aromatic N) is 1. The van der Waals surface area contributed by atoms with Gasteiger partial charge in [0.15, 0.2) is 5.78 Å². The van der Waals surface area contributed by atoms with E-state index in [1.165, 1.54) is 0 Å². The second kappa shape index (κ2) is 7.48. The molecule has 0 N–H and O–H groups in total. The van der Waals surface area contributed by atoms with Crippen molar-refractivity contribution in [2.45, 2.75) is 6.61 Å². The van der Waals surface area contributed by atoms with Crippen molar-refractivity contribution in [2.24, 2.45) is 0 Å². The van der Waals surface area contributed by atoms with E-state index < -0.39 is 11.8 Å². The van der Waals surface area contributed by atoms with E-state index in [4.69, 9.17) is 4.74 Å². The Labute approximate surface area is 162 Å². The van der Waals surface area contributed by atoms with Crippen molar-refractivity contribution in [3.63, 3.8) is 0 Å². The highest BCUT2D eigenvalue weighted by atomic mass is 16.5. The number of para-hydroxylation sites is 1. The molecule has 3 aromatic carbocycles. The molecule has 0 unspecified atom stereocenters. The Balaban J connectivity index is 1.52. The minimum Gasteiger partial charge on any atom is -0.488 e. The van der Waals surface area contributed by atoms with Gasteiger partial charge in [-0.3, -0.25) is 19.3 Å². The lowest BCUT2D eigenvalue weighted by molar-refractivity contribution is 0.0623. The first-order valence-corrected chi connectivity index (χ1v) is 8.89. The van der Waals surface area contributed by atoms with Crippen LogP contribution in [-0.2, 0) is 6.61 Å². The first-order valence-electron chi connectivity index (χ1n) is 8.89. The van der Waals surface area contributed by atoms with Crippen LogP contribution in [0.4, 0.5) is 0 Å². The predicted molar refractivity (Wildman–Crippen MR) is 103 cm³/mol.